The smallest absolute Gasteiger partial charge is 0.260 e. The summed E-state index contributed by atoms with van der Waals surface area (Å²) in [5.74, 6) is 0.0752. The maximum Gasteiger partial charge on any atom is 0.260 e. The third kappa shape index (κ3) is 5.56. The Morgan fingerprint density at radius 2 is 2.00 bits per heavy atom. The maximum absolute atomic E-state index is 13.3. The summed E-state index contributed by atoms with van der Waals surface area (Å²) >= 11 is 0. The van der Waals surface area contributed by atoms with Crippen LogP contribution in [-0.2, 0) is 16.1 Å². The number of nitrogens with one attached hydrogen (secondary N) is 1. The van der Waals surface area contributed by atoms with Crippen molar-refractivity contribution < 1.29 is 18.7 Å². The summed E-state index contributed by atoms with van der Waals surface area (Å²) in [4.78, 5) is 27.1. The van der Waals surface area contributed by atoms with Crippen LogP contribution in [-0.4, -0.2) is 36.4 Å². The van der Waals surface area contributed by atoms with Gasteiger partial charge >= 0.3 is 0 Å². The Hall–Kier alpha value is -2.89. The highest BCUT2D eigenvalue weighted by Gasteiger charge is 2.39. The van der Waals surface area contributed by atoms with E-state index in [2.05, 4.69) is 5.32 Å². The molecular formula is C23H27FN2O3. The molecule has 29 heavy (non-hydrogen) atoms. The molecule has 6 heteroatoms. The van der Waals surface area contributed by atoms with Crippen LogP contribution in [0, 0.1) is 18.2 Å². The molecule has 0 spiro atoms. The molecule has 0 bridgehead atoms. The van der Waals surface area contributed by atoms with Crippen molar-refractivity contribution in [2.24, 2.45) is 5.41 Å². The molecule has 0 saturated carbocycles. The third-order valence-electron chi connectivity index (χ3n) is 5.29. The number of amides is 2. The number of hydrogen-bond donors (Lipinski definition) is 1. The minimum atomic E-state index is -0.676. The first-order chi connectivity index (χ1) is 13.9. The molecule has 1 fully saturated rings. The summed E-state index contributed by atoms with van der Waals surface area (Å²) in [5, 5.41) is 2.89. The second-order valence-electron chi connectivity index (χ2n) is 7.90. The van der Waals surface area contributed by atoms with Gasteiger partial charge < -0.3 is 15.0 Å². The summed E-state index contributed by atoms with van der Waals surface area (Å²) in [7, 11) is 0. The molecule has 1 saturated heterocycles. The molecular weight excluding hydrogens is 371 g/mol. The van der Waals surface area contributed by atoms with E-state index in [1.54, 1.807) is 17.0 Å². The van der Waals surface area contributed by atoms with Gasteiger partial charge in [0.05, 0.1) is 5.41 Å². The van der Waals surface area contributed by atoms with Crippen molar-refractivity contribution >= 4 is 11.8 Å². The van der Waals surface area contributed by atoms with Gasteiger partial charge in [0.1, 0.15) is 11.6 Å². The van der Waals surface area contributed by atoms with E-state index in [1.807, 2.05) is 38.1 Å². The van der Waals surface area contributed by atoms with Gasteiger partial charge in [-0.1, -0.05) is 24.3 Å². The van der Waals surface area contributed by atoms with Gasteiger partial charge in [0.25, 0.3) is 5.91 Å². The number of carbonyl (C=O) groups is 2. The van der Waals surface area contributed by atoms with Gasteiger partial charge in [0, 0.05) is 19.6 Å². The molecule has 1 heterocycles. The van der Waals surface area contributed by atoms with E-state index in [-0.39, 0.29) is 30.8 Å². The number of aryl methyl sites for hydroxylation is 1. The van der Waals surface area contributed by atoms with Crippen molar-refractivity contribution in [3.63, 3.8) is 0 Å². The normalized spacial score (nSPS) is 18.9. The number of likely N-dealkylation sites (tertiary alicyclic amines) is 1. The largest absolute Gasteiger partial charge is 0.484 e. The van der Waals surface area contributed by atoms with Gasteiger partial charge in [-0.15, -0.1) is 0 Å². The summed E-state index contributed by atoms with van der Waals surface area (Å²) in [6.07, 6.45) is 1.45. The average Bonchev–Trinajstić information content (AvgIpc) is 2.70. The van der Waals surface area contributed by atoms with Gasteiger partial charge in [-0.25, -0.2) is 4.39 Å². The fraction of sp³-hybridized carbons (Fsp3) is 0.391. The molecule has 5 nitrogen and oxygen atoms in total. The molecule has 1 atom stereocenters. The van der Waals surface area contributed by atoms with Crippen LogP contribution in [0.1, 0.15) is 30.9 Å². The lowest BCUT2D eigenvalue weighted by atomic mass is 9.81. The Morgan fingerprint density at radius 1 is 1.21 bits per heavy atom. The van der Waals surface area contributed by atoms with Crippen LogP contribution >= 0.6 is 0 Å². The van der Waals surface area contributed by atoms with E-state index in [1.165, 1.54) is 12.1 Å². The van der Waals surface area contributed by atoms with Gasteiger partial charge in [-0.2, -0.15) is 0 Å². The Labute approximate surface area is 170 Å². The number of nitrogens with zero attached hydrogens (tertiary/aromatic N) is 1. The Balaban J connectivity index is 1.54. The summed E-state index contributed by atoms with van der Waals surface area (Å²) in [5.41, 5.74) is 1.10. The van der Waals surface area contributed by atoms with Crippen LogP contribution < -0.4 is 10.1 Å². The van der Waals surface area contributed by atoms with Crippen molar-refractivity contribution in [3.05, 3.63) is 65.5 Å². The molecule has 0 aliphatic carbocycles. The van der Waals surface area contributed by atoms with Crippen molar-refractivity contribution in [3.8, 4) is 5.75 Å². The maximum atomic E-state index is 13.3. The van der Waals surface area contributed by atoms with Crippen molar-refractivity contribution in [1.29, 1.82) is 0 Å². The van der Waals surface area contributed by atoms with Crippen LogP contribution in [0.25, 0.3) is 0 Å². The first kappa shape index (κ1) is 20.8. The fourth-order valence-electron chi connectivity index (χ4n) is 3.62. The van der Waals surface area contributed by atoms with E-state index in [0.29, 0.717) is 30.8 Å². The van der Waals surface area contributed by atoms with E-state index in [9.17, 15) is 14.0 Å². The van der Waals surface area contributed by atoms with Crippen LogP contribution in [0.15, 0.2) is 48.5 Å². The zero-order chi connectivity index (χ0) is 20.9. The molecule has 2 amide bonds. The van der Waals surface area contributed by atoms with Crippen molar-refractivity contribution in [2.45, 2.75) is 33.2 Å². The molecule has 2 aromatic rings. The van der Waals surface area contributed by atoms with Crippen LogP contribution in [0.2, 0.25) is 0 Å². The number of piperidine rings is 1. The first-order valence-corrected chi connectivity index (χ1v) is 9.86. The first-order valence-electron chi connectivity index (χ1n) is 9.86. The minimum Gasteiger partial charge on any atom is -0.484 e. The SMILES string of the molecule is Cc1cccc(OCC(=O)N2CCC[C@@](C)(C(=O)NCc3cccc(F)c3)C2)c1. The topological polar surface area (TPSA) is 58.6 Å². The number of carbonyl (C=O) groups excluding carboxylic acids is 2. The van der Waals surface area contributed by atoms with Gasteiger partial charge in [-0.3, -0.25) is 9.59 Å². The van der Waals surface area contributed by atoms with Gasteiger partial charge in [0.15, 0.2) is 6.61 Å². The minimum absolute atomic E-state index is 0.0511. The Bertz CT molecular complexity index is 886. The van der Waals surface area contributed by atoms with Gasteiger partial charge in [0.2, 0.25) is 5.91 Å². The predicted molar refractivity (Wildman–Crippen MR) is 109 cm³/mol. The van der Waals surface area contributed by atoms with Crippen LogP contribution in [0.4, 0.5) is 4.39 Å². The molecule has 1 aliphatic heterocycles. The molecule has 0 unspecified atom stereocenters. The van der Waals surface area contributed by atoms with E-state index >= 15 is 0 Å². The van der Waals surface area contributed by atoms with Crippen LogP contribution in [0.3, 0.4) is 0 Å². The third-order valence-corrected chi connectivity index (χ3v) is 5.29. The molecule has 0 radical (unpaired) electrons. The number of rotatable bonds is 6. The van der Waals surface area contributed by atoms with E-state index in [0.717, 1.165) is 12.0 Å². The molecule has 2 aromatic carbocycles. The second kappa shape index (κ2) is 9.07. The number of hydrogen-bond acceptors (Lipinski definition) is 3. The summed E-state index contributed by atoms with van der Waals surface area (Å²) in [6.45, 7) is 5.00. The molecule has 0 aromatic heterocycles. The van der Waals surface area contributed by atoms with E-state index < -0.39 is 5.41 Å². The molecule has 154 valence electrons. The quantitative estimate of drug-likeness (QED) is 0.811. The zero-order valence-corrected chi connectivity index (χ0v) is 16.9. The lowest BCUT2D eigenvalue weighted by molar-refractivity contribution is -0.142. The summed E-state index contributed by atoms with van der Waals surface area (Å²) in [6, 6.07) is 13.7. The molecule has 1 N–H and O–H groups in total. The lowest BCUT2D eigenvalue weighted by Gasteiger charge is -2.39. The van der Waals surface area contributed by atoms with Crippen LogP contribution in [0.5, 0.6) is 5.75 Å². The Morgan fingerprint density at radius 3 is 2.76 bits per heavy atom. The van der Waals surface area contributed by atoms with Crippen molar-refractivity contribution in [1.82, 2.24) is 10.2 Å². The predicted octanol–water partition coefficient (Wildman–Crippen LogP) is 3.46. The number of halogens is 1. The Kier molecular flexibility index (Phi) is 6.52. The highest BCUT2D eigenvalue weighted by atomic mass is 19.1. The lowest BCUT2D eigenvalue weighted by Crippen LogP contribution is -2.52. The molecule has 3 rings (SSSR count). The zero-order valence-electron chi connectivity index (χ0n) is 16.9. The molecule has 1 aliphatic rings. The fourth-order valence-corrected chi connectivity index (χ4v) is 3.62. The highest BCUT2D eigenvalue weighted by molar-refractivity contribution is 5.84. The highest BCUT2D eigenvalue weighted by Crippen LogP contribution is 2.30. The van der Waals surface area contributed by atoms with E-state index in [4.69, 9.17) is 4.74 Å². The number of ether oxygens (including phenoxy) is 1. The van der Waals surface area contributed by atoms with Crippen molar-refractivity contribution in [2.75, 3.05) is 19.7 Å². The average molecular weight is 398 g/mol. The number of benzene rings is 2. The second-order valence-corrected chi connectivity index (χ2v) is 7.90. The standard InChI is InChI=1S/C23H27FN2O3/c1-17-6-3-9-20(12-17)29-15-21(27)26-11-5-10-23(2,16-26)22(28)25-14-18-7-4-8-19(24)13-18/h3-4,6-9,12-13H,5,10-11,14-16H2,1-2H3,(H,25,28)/t23-/m1/s1. The summed E-state index contributed by atoms with van der Waals surface area (Å²) < 4.78 is 18.9. The monoisotopic (exact) mass is 398 g/mol. The van der Waals surface area contributed by atoms with Gasteiger partial charge in [-0.05, 0) is 62.1 Å².